The summed E-state index contributed by atoms with van der Waals surface area (Å²) in [6, 6.07) is -0.461. The van der Waals surface area contributed by atoms with Gasteiger partial charge in [0.2, 0.25) is 0 Å². The molecule has 0 aromatic heterocycles. The number of hydrogen-bond donors (Lipinski definition) is 2. The molecule has 0 aromatic rings. The molecular formula is C9H15F3N2O2. The van der Waals surface area contributed by atoms with Crippen LogP contribution >= 0.6 is 0 Å². The van der Waals surface area contributed by atoms with Crippen LogP contribution in [0.15, 0.2) is 0 Å². The van der Waals surface area contributed by atoms with Crippen LogP contribution in [0.5, 0.6) is 0 Å². The van der Waals surface area contributed by atoms with Crippen molar-refractivity contribution < 1.29 is 22.8 Å². The van der Waals surface area contributed by atoms with Gasteiger partial charge in [0.15, 0.2) is 6.61 Å². The normalized spacial score (nSPS) is 26.5. The van der Waals surface area contributed by atoms with Crippen LogP contribution < -0.4 is 10.8 Å². The molecule has 16 heavy (non-hydrogen) atoms. The minimum atomic E-state index is -4.43. The molecule has 1 saturated heterocycles. The van der Waals surface area contributed by atoms with Crippen LogP contribution in [0.3, 0.4) is 0 Å². The predicted molar refractivity (Wildman–Crippen MR) is 50.3 cm³/mol. The van der Waals surface area contributed by atoms with Crippen molar-refractivity contribution in [1.29, 1.82) is 0 Å². The molecule has 2 atom stereocenters. The van der Waals surface area contributed by atoms with Crippen LogP contribution in [0.4, 0.5) is 13.2 Å². The molecule has 1 rings (SSSR count). The third-order valence-electron chi connectivity index (χ3n) is 2.39. The molecule has 0 aliphatic carbocycles. The van der Waals surface area contributed by atoms with Crippen LogP contribution in [0.25, 0.3) is 0 Å². The zero-order chi connectivity index (χ0) is 12.2. The van der Waals surface area contributed by atoms with E-state index in [4.69, 9.17) is 0 Å². The summed E-state index contributed by atoms with van der Waals surface area (Å²) in [7, 11) is 0. The summed E-state index contributed by atoms with van der Waals surface area (Å²) < 4.78 is 35.2. The van der Waals surface area contributed by atoms with Crippen LogP contribution in [0.1, 0.15) is 19.8 Å². The second kappa shape index (κ2) is 5.49. The molecule has 94 valence electrons. The fraction of sp³-hybridized carbons (Fsp3) is 0.889. The number of halogens is 3. The van der Waals surface area contributed by atoms with Gasteiger partial charge in [-0.2, -0.15) is 13.2 Å². The molecule has 4 nitrogen and oxygen atoms in total. The van der Waals surface area contributed by atoms with E-state index in [2.05, 4.69) is 10.2 Å². The van der Waals surface area contributed by atoms with E-state index in [1.54, 1.807) is 0 Å². The first-order valence-electron chi connectivity index (χ1n) is 5.10. The highest BCUT2D eigenvalue weighted by Crippen LogP contribution is 2.16. The summed E-state index contributed by atoms with van der Waals surface area (Å²) in [6.07, 6.45) is -2.85. The Morgan fingerprint density at radius 2 is 2.25 bits per heavy atom. The van der Waals surface area contributed by atoms with Crippen molar-refractivity contribution in [1.82, 2.24) is 10.8 Å². The zero-order valence-electron chi connectivity index (χ0n) is 8.93. The van der Waals surface area contributed by atoms with E-state index < -0.39 is 24.7 Å². The second-order valence-corrected chi connectivity index (χ2v) is 4.01. The SMILES string of the molecule is CC1CCNC(C(=O)NOCC(F)(F)F)C1. The number of carbonyl (C=O) groups is 1. The summed E-state index contributed by atoms with van der Waals surface area (Å²) in [6.45, 7) is 1.22. The first-order valence-corrected chi connectivity index (χ1v) is 5.10. The standard InChI is InChI=1S/C9H15F3N2O2/c1-6-2-3-13-7(4-6)8(15)14-16-5-9(10,11)12/h6-7,13H,2-5H2,1H3,(H,14,15). The van der Waals surface area contributed by atoms with Crippen LogP contribution in [0, 0.1) is 5.92 Å². The number of alkyl halides is 3. The van der Waals surface area contributed by atoms with Crippen molar-refractivity contribution in [2.24, 2.45) is 5.92 Å². The predicted octanol–water partition coefficient (Wildman–Crippen LogP) is 0.985. The summed E-state index contributed by atoms with van der Waals surface area (Å²) >= 11 is 0. The highest BCUT2D eigenvalue weighted by molar-refractivity contribution is 5.80. The van der Waals surface area contributed by atoms with Crippen molar-refractivity contribution in [3.05, 3.63) is 0 Å². The molecular weight excluding hydrogens is 225 g/mol. The number of carbonyl (C=O) groups excluding carboxylic acids is 1. The Balaban J connectivity index is 2.24. The lowest BCUT2D eigenvalue weighted by Crippen LogP contribution is -2.48. The highest BCUT2D eigenvalue weighted by Gasteiger charge is 2.29. The molecule has 1 aliphatic heterocycles. The van der Waals surface area contributed by atoms with Gasteiger partial charge in [0, 0.05) is 0 Å². The van der Waals surface area contributed by atoms with Gasteiger partial charge >= 0.3 is 6.18 Å². The van der Waals surface area contributed by atoms with E-state index in [1.165, 1.54) is 0 Å². The molecule has 2 unspecified atom stereocenters. The van der Waals surface area contributed by atoms with Crippen molar-refractivity contribution >= 4 is 5.91 Å². The van der Waals surface area contributed by atoms with Crippen molar-refractivity contribution in [3.8, 4) is 0 Å². The first kappa shape index (κ1) is 13.2. The van der Waals surface area contributed by atoms with Crippen LogP contribution in [-0.4, -0.2) is 31.3 Å². The Kier molecular flexibility index (Phi) is 4.55. The van der Waals surface area contributed by atoms with Gasteiger partial charge in [0.1, 0.15) is 0 Å². The molecule has 1 fully saturated rings. The Hall–Kier alpha value is -0.820. The minimum Gasteiger partial charge on any atom is -0.306 e. The van der Waals surface area contributed by atoms with Crippen molar-refractivity contribution in [2.75, 3.05) is 13.2 Å². The van der Waals surface area contributed by atoms with E-state index in [9.17, 15) is 18.0 Å². The summed E-state index contributed by atoms with van der Waals surface area (Å²) in [5.41, 5.74) is 1.81. The molecule has 1 aliphatic rings. The van der Waals surface area contributed by atoms with E-state index in [1.807, 2.05) is 12.4 Å². The van der Waals surface area contributed by atoms with Crippen molar-refractivity contribution in [3.63, 3.8) is 0 Å². The second-order valence-electron chi connectivity index (χ2n) is 4.01. The quantitative estimate of drug-likeness (QED) is 0.723. The van der Waals surface area contributed by atoms with Gasteiger partial charge in [-0.25, -0.2) is 5.48 Å². The largest absolute Gasteiger partial charge is 0.414 e. The molecule has 0 bridgehead atoms. The molecule has 0 radical (unpaired) electrons. The van der Waals surface area contributed by atoms with Gasteiger partial charge < -0.3 is 5.32 Å². The lowest BCUT2D eigenvalue weighted by molar-refractivity contribution is -0.192. The maximum atomic E-state index is 11.7. The van der Waals surface area contributed by atoms with E-state index >= 15 is 0 Å². The molecule has 0 spiro atoms. The van der Waals surface area contributed by atoms with Gasteiger partial charge in [-0.1, -0.05) is 6.92 Å². The Bertz CT molecular complexity index is 245. The van der Waals surface area contributed by atoms with Crippen LogP contribution in [0.2, 0.25) is 0 Å². The Labute approximate surface area is 91.5 Å². The lowest BCUT2D eigenvalue weighted by Gasteiger charge is -2.26. The third-order valence-corrected chi connectivity index (χ3v) is 2.39. The number of rotatable bonds is 3. The maximum absolute atomic E-state index is 11.7. The minimum absolute atomic E-state index is 0.389. The fourth-order valence-electron chi connectivity index (χ4n) is 1.57. The Morgan fingerprint density at radius 3 is 2.81 bits per heavy atom. The number of piperidine rings is 1. The number of hydrogen-bond acceptors (Lipinski definition) is 3. The Morgan fingerprint density at radius 1 is 1.56 bits per heavy atom. The van der Waals surface area contributed by atoms with Gasteiger partial charge in [-0.05, 0) is 25.3 Å². The van der Waals surface area contributed by atoms with Gasteiger partial charge in [0.25, 0.3) is 5.91 Å². The number of nitrogens with one attached hydrogen (secondary N) is 2. The molecule has 0 aromatic carbocycles. The van der Waals surface area contributed by atoms with Crippen molar-refractivity contribution in [2.45, 2.75) is 32.0 Å². The van der Waals surface area contributed by atoms with Gasteiger partial charge in [-0.15, -0.1) is 0 Å². The number of amides is 1. The average Bonchev–Trinajstić information content (AvgIpc) is 2.15. The average molecular weight is 240 g/mol. The van der Waals surface area contributed by atoms with E-state index in [0.29, 0.717) is 18.9 Å². The summed E-state index contributed by atoms with van der Waals surface area (Å²) in [4.78, 5) is 15.4. The lowest BCUT2D eigenvalue weighted by atomic mass is 9.94. The topological polar surface area (TPSA) is 50.4 Å². The molecule has 7 heteroatoms. The first-order chi connectivity index (χ1) is 7.38. The monoisotopic (exact) mass is 240 g/mol. The van der Waals surface area contributed by atoms with E-state index in [0.717, 1.165) is 6.42 Å². The zero-order valence-corrected chi connectivity index (χ0v) is 8.93. The summed E-state index contributed by atoms with van der Waals surface area (Å²) in [5, 5.41) is 2.92. The smallest absolute Gasteiger partial charge is 0.306 e. The molecule has 1 heterocycles. The van der Waals surface area contributed by atoms with Crippen LogP contribution in [-0.2, 0) is 9.63 Å². The fourth-order valence-corrected chi connectivity index (χ4v) is 1.57. The summed E-state index contributed by atoms with van der Waals surface area (Å²) in [5.74, 6) is -0.157. The van der Waals surface area contributed by atoms with Gasteiger partial charge in [0.05, 0.1) is 6.04 Å². The third kappa shape index (κ3) is 4.80. The highest BCUT2D eigenvalue weighted by atomic mass is 19.4. The van der Waals surface area contributed by atoms with E-state index in [-0.39, 0.29) is 0 Å². The maximum Gasteiger partial charge on any atom is 0.414 e. The number of hydroxylamine groups is 1. The molecule has 1 amide bonds. The van der Waals surface area contributed by atoms with Gasteiger partial charge in [-0.3, -0.25) is 9.63 Å². The molecule has 2 N–H and O–H groups in total. The molecule has 0 saturated carbocycles.